The molecule has 0 aliphatic carbocycles. The molecule has 0 bridgehead atoms. The lowest BCUT2D eigenvalue weighted by Gasteiger charge is -2.28. The lowest BCUT2D eigenvalue weighted by atomic mass is 10.1. The average molecular weight is 282 g/mol. The topological polar surface area (TPSA) is 75.8 Å². The molecule has 0 atom stereocenters. The van der Waals surface area contributed by atoms with Crippen molar-refractivity contribution < 1.29 is 14.8 Å². The molecule has 0 radical (unpaired) electrons. The van der Waals surface area contributed by atoms with Gasteiger partial charge < -0.3 is 9.84 Å². The van der Waals surface area contributed by atoms with Crippen LogP contribution < -0.4 is 4.74 Å². The van der Waals surface area contributed by atoms with Gasteiger partial charge in [-0.05, 0) is 26.5 Å². The van der Waals surface area contributed by atoms with Crippen molar-refractivity contribution in [2.45, 2.75) is 32.9 Å². The molecule has 1 N–H and O–H groups in total. The van der Waals surface area contributed by atoms with Crippen LogP contribution in [0, 0.1) is 10.1 Å². The predicted molar refractivity (Wildman–Crippen MR) is 76.9 cm³/mol. The molecule has 20 heavy (non-hydrogen) atoms. The van der Waals surface area contributed by atoms with Gasteiger partial charge in [-0.15, -0.1) is 0 Å². The second-order valence-corrected chi connectivity index (χ2v) is 5.37. The number of nitro benzene ring substituents is 1. The van der Waals surface area contributed by atoms with Gasteiger partial charge in [0.25, 0.3) is 5.69 Å². The summed E-state index contributed by atoms with van der Waals surface area (Å²) in [7, 11) is 1.54. The minimum absolute atomic E-state index is 0.0418. The molecule has 0 aromatic heterocycles. The molecular weight excluding hydrogens is 260 g/mol. The Labute approximate surface area is 119 Å². The highest BCUT2D eigenvalue weighted by Gasteiger charge is 2.19. The number of non-ortho nitro benzene ring substituents is 1. The zero-order valence-corrected chi connectivity index (χ0v) is 12.4. The highest BCUT2D eigenvalue weighted by Crippen LogP contribution is 2.25. The number of hydrogen-bond donors (Lipinski definition) is 1. The first-order chi connectivity index (χ1) is 9.26. The Bertz CT molecular complexity index is 469. The van der Waals surface area contributed by atoms with E-state index in [1.54, 1.807) is 19.9 Å². The number of benzene rings is 1. The van der Waals surface area contributed by atoms with Crippen molar-refractivity contribution in [2.75, 3.05) is 20.2 Å². The van der Waals surface area contributed by atoms with Crippen molar-refractivity contribution in [2.24, 2.45) is 0 Å². The summed E-state index contributed by atoms with van der Waals surface area (Å²) in [4.78, 5) is 12.4. The fourth-order valence-corrected chi connectivity index (χ4v) is 2.07. The first kappa shape index (κ1) is 16.4. The summed E-state index contributed by atoms with van der Waals surface area (Å²) in [6, 6.07) is 4.55. The van der Waals surface area contributed by atoms with Gasteiger partial charge in [0.1, 0.15) is 5.75 Å². The van der Waals surface area contributed by atoms with E-state index in [1.165, 1.54) is 19.2 Å². The average Bonchev–Trinajstić information content (AvgIpc) is 2.36. The number of ether oxygens (including phenoxy) is 1. The highest BCUT2D eigenvalue weighted by molar-refractivity contribution is 5.43. The zero-order valence-electron chi connectivity index (χ0n) is 12.4. The van der Waals surface area contributed by atoms with E-state index in [-0.39, 0.29) is 5.69 Å². The standard InChI is InChI=1S/C14H22N2O4/c1-5-15(10-14(2,3)17)9-11-8-12(16(18)19)6-7-13(11)20-4/h6-8,17H,5,9-10H2,1-4H3. The Morgan fingerprint density at radius 2 is 2.10 bits per heavy atom. The van der Waals surface area contributed by atoms with E-state index in [1.807, 2.05) is 11.8 Å². The normalized spacial score (nSPS) is 11.7. The molecular formula is C14H22N2O4. The van der Waals surface area contributed by atoms with Gasteiger partial charge in [0.05, 0.1) is 17.6 Å². The number of nitro groups is 1. The molecule has 0 amide bonds. The molecule has 0 aliphatic heterocycles. The van der Waals surface area contributed by atoms with Crippen LogP contribution in [0.4, 0.5) is 5.69 Å². The summed E-state index contributed by atoms with van der Waals surface area (Å²) in [5.74, 6) is 0.616. The summed E-state index contributed by atoms with van der Waals surface area (Å²) in [5.41, 5.74) is -0.0304. The minimum atomic E-state index is -0.816. The van der Waals surface area contributed by atoms with E-state index in [0.717, 1.165) is 12.1 Å². The number of nitrogens with zero attached hydrogens (tertiary/aromatic N) is 2. The largest absolute Gasteiger partial charge is 0.496 e. The van der Waals surface area contributed by atoms with Gasteiger partial charge in [-0.2, -0.15) is 0 Å². The van der Waals surface area contributed by atoms with Crippen LogP contribution in [-0.4, -0.2) is 40.7 Å². The predicted octanol–water partition coefficient (Wildman–Crippen LogP) is 2.20. The molecule has 0 saturated heterocycles. The summed E-state index contributed by atoms with van der Waals surface area (Å²) in [6.45, 7) is 7.16. The van der Waals surface area contributed by atoms with Gasteiger partial charge in [-0.3, -0.25) is 15.0 Å². The fourth-order valence-electron chi connectivity index (χ4n) is 2.07. The fraction of sp³-hybridized carbons (Fsp3) is 0.571. The van der Waals surface area contributed by atoms with E-state index in [9.17, 15) is 15.2 Å². The second-order valence-electron chi connectivity index (χ2n) is 5.37. The third-order valence-corrected chi connectivity index (χ3v) is 2.93. The highest BCUT2D eigenvalue weighted by atomic mass is 16.6. The van der Waals surface area contributed by atoms with Gasteiger partial charge >= 0.3 is 0 Å². The molecule has 0 saturated carbocycles. The zero-order chi connectivity index (χ0) is 15.3. The van der Waals surface area contributed by atoms with Crippen molar-refractivity contribution in [3.05, 3.63) is 33.9 Å². The molecule has 0 aliphatic rings. The molecule has 0 heterocycles. The third-order valence-electron chi connectivity index (χ3n) is 2.93. The summed E-state index contributed by atoms with van der Waals surface area (Å²) in [5, 5.41) is 20.7. The molecule has 6 heteroatoms. The summed E-state index contributed by atoms with van der Waals surface area (Å²) < 4.78 is 5.24. The smallest absolute Gasteiger partial charge is 0.270 e. The van der Waals surface area contributed by atoms with Gasteiger partial charge in [0.15, 0.2) is 0 Å². The first-order valence-electron chi connectivity index (χ1n) is 6.53. The Balaban J connectivity index is 2.98. The van der Waals surface area contributed by atoms with Crippen LogP contribution in [0.2, 0.25) is 0 Å². The molecule has 1 rings (SSSR count). The second kappa shape index (κ2) is 6.67. The van der Waals surface area contributed by atoms with E-state index < -0.39 is 10.5 Å². The molecule has 6 nitrogen and oxygen atoms in total. The van der Waals surface area contributed by atoms with Crippen LogP contribution >= 0.6 is 0 Å². The van der Waals surface area contributed by atoms with Crippen LogP contribution in [0.5, 0.6) is 5.75 Å². The number of aliphatic hydroxyl groups is 1. The molecule has 0 fully saturated rings. The monoisotopic (exact) mass is 282 g/mol. The molecule has 0 unspecified atom stereocenters. The lowest BCUT2D eigenvalue weighted by Crippen LogP contribution is -2.38. The van der Waals surface area contributed by atoms with Crippen molar-refractivity contribution in [1.29, 1.82) is 0 Å². The molecule has 112 valence electrons. The maximum absolute atomic E-state index is 10.8. The quantitative estimate of drug-likeness (QED) is 0.613. The Hall–Kier alpha value is -1.66. The minimum Gasteiger partial charge on any atom is -0.496 e. The van der Waals surface area contributed by atoms with Gasteiger partial charge in [-0.1, -0.05) is 6.92 Å². The van der Waals surface area contributed by atoms with Crippen LogP contribution in [-0.2, 0) is 6.54 Å². The van der Waals surface area contributed by atoms with Gasteiger partial charge in [-0.25, -0.2) is 0 Å². The number of likely N-dealkylation sites (N-methyl/N-ethyl adjacent to an activating group) is 1. The Morgan fingerprint density at radius 3 is 2.55 bits per heavy atom. The van der Waals surface area contributed by atoms with E-state index in [4.69, 9.17) is 4.74 Å². The number of methoxy groups -OCH3 is 1. The number of hydrogen-bond acceptors (Lipinski definition) is 5. The maximum Gasteiger partial charge on any atom is 0.270 e. The maximum atomic E-state index is 10.8. The van der Waals surface area contributed by atoms with Gasteiger partial charge in [0.2, 0.25) is 0 Å². The van der Waals surface area contributed by atoms with Gasteiger partial charge in [0, 0.05) is 30.8 Å². The Morgan fingerprint density at radius 1 is 1.45 bits per heavy atom. The molecule has 0 spiro atoms. The first-order valence-corrected chi connectivity index (χ1v) is 6.53. The van der Waals surface area contributed by atoms with E-state index in [0.29, 0.717) is 18.8 Å². The van der Waals surface area contributed by atoms with Crippen LogP contribution in [0.3, 0.4) is 0 Å². The molecule has 1 aromatic rings. The third kappa shape index (κ3) is 4.79. The summed E-state index contributed by atoms with van der Waals surface area (Å²) >= 11 is 0. The van der Waals surface area contributed by atoms with Crippen molar-refractivity contribution in [3.63, 3.8) is 0 Å². The van der Waals surface area contributed by atoms with Crippen LogP contribution in [0.1, 0.15) is 26.3 Å². The van der Waals surface area contributed by atoms with Crippen LogP contribution in [0.15, 0.2) is 18.2 Å². The van der Waals surface area contributed by atoms with Crippen molar-refractivity contribution in [3.8, 4) is 5.75 Å². The van der Waals surface area contributed by atoms with Crippen molar-refractivity contribution >= 4 is 5.69 Å². The van der Waals surface area contributed by atoms with E-state index >= 15 is 0 Å². The van der Waals surface area contributed by atoms with Crippen molar-refractivity contribution in [1.82, 2.24) is 4.90 Å². The lowest BCUT2D eigenvalue weighted by molar-refractivity contribution is -0.384. The number of rotatable bonds is 7. The Kier molecular flexibility index (Phi) is 5.47. The summed E-state index contributed by atoms with van der Waals surface area (Å²) in [6.07, 6.45) is 0. The van der Waals surface area contributed by atoms with Crippen LogP contribution in [0.25, 0.3) is 0 Å². The van der Waals surface area contributed by atoms with E-state index in [2.05, 4.69) is 0 Å². The molecule has 1 aromatic carbocycles. The SMILES string of the molecule is CCN(Cc1cc([N+](=O)[O-])ccc1OC)CC(C)(C)O.